The molecule has 4 nitrogen and oxygen atoms in total. The lowest BCUT2D eigenvalue weighted by Gasteiger charge is -2.17. The molecule has 1 aromatic rings. The first-order valence-corrected chi connectivity index (χ1v) is 8.90. The van der Waals surface area contributed by atoms with Crippen LogP contribution < -0.4 is 11.1 Å². The summed E-state index contributed by atoms with van der Waals surface area (Å²) in [6.07, 6.45) is 3.67. The molecule has 0 radical (unpaired) electrons. The van der Waals surface area contributed by atoms with E-state index in [1.165, 1.54) is 17.8 Å². The van der Waals surface area contributed by atoms with Crippen molar-refractivity contribution >= 4 is 29.0 Å². The maximum absolute atomic E-state index is 11.8. The normalized spacial score (nSPS) is 13.2. The van der Waals surface area contributed by atoms with Crippen LogP contribution in [0.2, 0.25) is 0 Å². The number of nitrogens with zero attached hydrogens (tertiary/aromatic N) is 1. The molecule has 0 aliphatic carbocycles. The molecule has 1 heterocycles. The summed E-state index contributed by atoms with van der Waals surface area (Å²) >= 11 is 3.41. The number of carbonyl (C=O) groups excluding carboxylic acids is 1. The summed E-state index contributed by atoms with van der Waals surface area (Å²) in [6, 6.07) is -0.412. The van der Waals surface area contributed by atoms with Gasteiger partial charge in [-0.15, -0.1) is 11.3 Å². The van der Waals surface area contributed by atoms with Crippen LogP contribution >= 0.6 is 23.1 Å². The lowest BCUT2D eigenvalue weighted by Crippen LogP contribution is -2.40. The van der Waals surface area contributed by atoms with Crippen LogP contribution in [-0.4, -0.2) is 28.4 Å². The van der Waals surface area contributed by atoms with E-state index in [2.05, 4.69) is 31.1 Å². The summed E-state index contributed by atoms with van der Waals surface area (Å²) in [5.74, 6) is 1.99. The Kier molecular flexibility index (Phi) is 7.55. The van der Waals surface area contributed by atoms with E-state index in [0.717, 1.165) is 22.8 Å². The zero-order chi connectivity index (χ0) is 15.0. The Balaban J connectivity index is 2.09. The molecule has 0 aliphatic heterocycles. The first-order chi connectivity index (χ1) is 9.38. The summed E-state index contributed by atoms with van der Waals surface area (Å²) in [7, 11) is 0. The molecule has 1 rings (SSSR count). The molecule has 6 heteroatoms. The van der Waals surface area contributed by atoms with E-state index in [4.69, 9.17) is 5.73 Å². The molecule has 0 saturated carbocycles. The zero-order valence-electron chi connectivity index (χ0n) is 12.5. The second-order valence-corrected chi connectivity index (χ2v) is 8.20. The van der Waals surface area contributed by atoms with Gasteiger partial charge in [-0.2, -0.15) is 11.8 Å². The number of thiazole rings is 1. The molecular formula is C14H25N3OS2. The van der Waals surface area contributed by atoms with Gasteiger partial charge >= 0.3 is 0 Å². The van der Waals surface area contributed by atoms with Gasteiger partial charge in [-0.05, 0) is 29.8 Å². The lowest BCUT2D eigenvalue weighted by molar-refractivity contribution is -0.122. The van der Waals surface area contributed by atoms with Gasteiger partial charge in [0.25, 0.3) is 0 Å². The van der Waals surface area contributed by atoms with Crippen LogP contribution in [-0.2, 0) is 11.3 Å². The number of rotatable bonds is 8. The van der Waals surface area contributed by atoms with Crippen molar-refractivity contribution in [3.8, 4) is 0 Å². The summed E-state index contributed by atoms with van der Waals surface area (Å²) in [5.41, 5.74) is 8.02. The van der Waals surface area contributed by atoms with Crippen molar-refractivity contribution in [1.82, 2.24) is 10.3 Å². The third kappa shape index (κ3) is 7.87. The number of amides is 1. The van der Waals surface area contributed by atoms with Crippen LogP contribution in [0.1, 0.15) is 38.5 Å². The number of hydrogen-bond acceptors (Lipinski definition) is 5. The average molecular weight is 316 g/mol. The van der Waals surface area contributed by atoms with Crippen molar-refractivity contribution in [2.24, 2.45) is 11.1 Å². The summed E-state index contributed by atoms with van der Waals surface area (Å²) < 4.78 is 0. The van der Waals surface area contributed by atoms with Crippen LogP contribution in [0.5, 0.6) is 0 Å². The van der Waals surface area contributed by atoms with E-state index in [1.807, 2.05) is 11.8 Å². The second-order valence-electron chi connectivity index (χ2n) is 6.00. The molecule has 1 aromatic heterocycles. The molecule has 3 N–H and O–H groups in total. The number of nitrogens with one attached hydrogen (secondary N) is 1. The minimum Gasteiger partial charge on any atom is -0.350 e. The predicted molar refractivity (Wildman–Crippen MR) is 88.0 cm³/mol. The largest absolute Gasteiger partial charge is 0.350 e. The van der Waals surface area contributed by atoms with Crippen LogP contribution in [0.25, 0.3) is 0 Å². The summed E-state index contributed by atoms with van der Waals surface area (Å²) in [6.45, 7) is 7.25. The number of hydrogen-bond donors (Lipinski definition) is 2. The van der Waals surface area contributed by atoms with Gasteiger partial charge in [-0.1, -0.05) is 20.8 Å². The molecule has 114 valence electrons. The van der Waals surface area contributed by atoms with Gasteiger partial charge in [0, 0.05) is 11.1 Å². The van der Waals surface area contributed by atoms with Crippen molar-refractivity contribution in [2.45, 2.75) is 46.2 Å². The second kappa shape index (κ2) is 8.64. The van der Waals surface area contributed by atoms with E-state index in [9.17, 15) is 4.79 Å². The lowest BCUT2D eigenvalue weighted by atomic mass is 9.94. The molecular weight excluding hydrogens is 290 g/mol. The highest BCUT2D eigenvalue weighted by atomic mass is 32.2. The Morgan fingerprint density at radius 1 is 1.50 bits per heavy atom. The number of thioether (sulfide) groups is 1. The number of aromatic nitrogens is 1. The average Bonchev–Trinajstić information content (AvgIpc) is 2.87. The Hall–Kier alpha value is -0.590. The molecule has 0 saturated heterocycles. The van der Waals surface area contributed by atoms with Crippen LogP contribution in [0, 0.1) is 5.41 Å². The first-order valence-electron chi connectivity index (χ1n) is 6.87. The van der Waals surface area contributed by atoms with Crippen LogP contribution in [0.4, 0.5) is 0 Å². The van der Waals surface area contributed by atoms with Crippen molar-refractivity contribution in [2.75, 3.05) is 11.5 Å². The highest BCUT2D eigenvalue weighted by molar-refractivity contribution is 7.99. The highest BCUT2D eigenvalue weighted by Gasteiger charge is 2.14. The van der Waals surface area contributed by atoms with E-state index in [0.29, 0.717) is 12.0 Å². The van der Waals surface area contributed by atoms with Crippen molar-refractivity contribution in [3.63, 3.8) is 0 Å². The van der Waals surface area contributed by atoms with Gasteiger partial charge in [0.1, 0.15) is 0 Å². The third-order valence-corrected chi connectivity index (χ3v) is 4.62. The summed E-state index contributed by atoms with van der Waals surface area (Å²) in [4.78, 5) is 16.8. The Bertz CT molecular complexity index is 388. The monoisotopic (exact) mass is 315 g/mol. The van der Waals surface area contributed by atoms with E-state index in [-0.39, 0.29) is 5.91 Å². The predicted octanol–water partition coefficient (Wildman–Crippen LogP) is 2.65. The molecule has 1 atom stereocenters. The molecule has 0 bridgehead atoms. The standard InChI is InChI=1S/C14H25N3OS2/c1-14(2,3)5-7-19-6-4-12(15)13(18)17-9-11-8-16-10-20-11/h8,10,12H,4-7,9,15H2,1-3H3,(H,17,18). The first kappa shape index (κ1) is 17.5. The molecule has 0 spiro atoms. The minimum absolute atomic E-state index is 0.0742. The maximum Gasteiger partial charge on any atom is 0.237 e. The molecule has 0 aliphatic rings. The quantitative estimate of drug-likeness (QED) is 0.724. The minimum atomic E-state index is -0.412. The maximum atomic E-state index is 11.8. The summed E-state index contributed by atoms with van der Waals surface area (Å²) in [5, 5.41) is 2.85. The van der Waals surface area contributed by atoms with Gasteiger partial charge in [0.15, 0.2) is 0 Å². The fourth-order valence-electron chi connectivity index (χ4n) is 1.46. The van der Waals surface area contributed by atoms with Crippen molar-refractivity contribution < 1.29 is 4.79 Å². The van der Waals surface area contributed by atoms with E-state index >= 15 is 0 Å². The van der Waals surface area contributed by atoms with Gasteiger partial charge < -0.3 is 11.1 Å². The molecule has 0 fully saturated rings. The molecule has 20 heavy (non-hydrogen) atoms. The fraction of sp³-hybridized carbons (Fsp3) is 0.714. The molecule has 1 unspecified atom stereocenters. The molecule has 1 amide bonds. The molecule has 0 aromatic carbocycles. The van der Waals surface area contributed by atoms with Gasteiger partial charge in [0.2, 0.25) is 5.91 Å². The zero-order valence-corrected chi connectivity index (χ0v) is 14.1. The SMILES string of the molecule is CC(C)(C)CCSCCC(N)C(=O)NCc1cncs1. The van der Waals surface area contributed by atoms with Crippen molar-refractivity contribution in [3.05, 3.63) is 16.6 Å². The van der Waals surface area contributed by atoms with E-state index in [1.54, 1.807) is 11.7 Å². The fourth-order valence-corrected chi connectivity index (χ4v) is 3.37. The van der Waals surface area contributed by atoms with Crippen LogP contribution in [0.15, 0.2) is 11.7 Å². The van der Waals surface area contributed by atoms with Crippen molar-refractivity contribution in [1.29, 1.82) is 0 Å². The third-order valence-electron chi connectivity index (χ3n) is 2.83. The smallest absolute Gasteiger partial charge is 0.237 e. The Morgan fingerprint density at radius 2 is 2.25 bits per heavy atom. The number of carbonyl (C=O) groups is 1. The van der Waals surface area contributed by atoms with E-state index < -0.39 is 6.04 Å². The topological polar surface area (TPSA) is 68.0 Å². The van der Waals surface area contributed by atoms with Gasteiger partial charge in [-0.25, -0.2) is 0 Å². The Labute approximate surface area is 129 Å². The highest BCUT2D eigenvalue weighted by Crippen LogP contribution is 2.21. The Morgan fingerprint density at radius 3 is 2.85 bits per heavy atom. The van der Waals surface area contributed by atoms with Gasteiger partial charge in [0.05, 0.1) is 18.1 Å². The van der Waals surface area contributed by atoms with Crippen LogP contribution in [0.3, 0.4) is 0 Å². The van der Waals surface area contributed by atoms with Gasteiger partial charge in [-0.3, -0.25) is 9.78 Å². The number of nitrogens with two attached hydrogens (primary N) is 1.